The van der Waals surface area contributed by atoms with Crippen molar-refractivity contribution >= 4 is 17.5 Å². The number of hydrogen-bond donors (Lipinski definition) is 1. The van der Waals surface area contributed by atoms with Gasteiger partial charge in [-0.05, 0) is 50.2 Å². The maximum Gasteiger partial charge on any atom is 0.253 e. The lowest BCUT2D eigenvalue weighted by atomic mass is 9.64. The zero-order valence-electron chi connectivity index (χ0n) is 13.0. The average molecular weight is 298 g/mol. The van der Waals surface area contributed by atoms with Crippen LogP contribution in [0.4, 0.5) is 5.69 Å². The van der Waals surface area contributed by atoms with Crippen LogP contribution in [0.15, 0.2) is 18.2 Å². The van der Waals surface area contributed by atoms with Crippen LogP contribution in [0.3, 0.4) is 0 Å². The van der Waals surface area contributed by atoms with Crippen molar-refractivity contribution in [3.05, 3.63) is 29.3 Å². The normalized spacial score (nSPS) is 23.1. The van der Waals surface area contributed by atoms with Crippen LogP contribution in [0.1, 0.15) is 48.0 Å². The molecule has 0 radical (unpaired) electrons. The van der Waals surface area contributed by atoms with E-state index < -0.39 is 0 Å². The standard InChI is InChI=1S/C18H22N2O2/c1-12-4-2-5-14-15(12)16(21)19-10-11-20(14)17(22)18(8-3-9-18)13-6-7-13/h2,4-5,13H,3,6-11H2,1H3,(H,19,21). The summed E-state index contributed by atoms with van der Waals surface area (Å²) in [4.78, 5) is 27.5. The van der Waals surface area contributed by atoms with Crippen molar-refractivity contribution in [1.82, 2.24) is 5.32 Å². The van der Waals surface area contributed by atoms with E-state index in [2.05, 4.69) is 5.32 Å². The molecule has 0 saturated heterocycles. The molecule has 2 fully saturated rings. The molecule has 0 bridgehead atoms. The van der Waals surface area contributed by atoms with Crippen molar-refractivity contribution in [3.63, 3.8) is 0 Å². The molecule has 0 spiro atoms. The maximum atomic E-state index is 13.3. The van der Waals surface area contributed by atoms with E-state index in [1.165, 1.54) is 12.8 Å². The van der Waals surface area contributed by atoms with Gasteiger partial charge in [0.25, 0.3) is 5.91 Å². The van der Waals surface area contributed by atoms with Crippen LogP contribution in [-0.2, 0) is 4.79 Å². The minimum Gasteiger partial charge on any atom is -0.350 e. The molecular formula is C18H22N2O2. The number of nitrogens with one attached hydrogen (secondary N) is 1. The fourth-order valence-corrected chi connectivity index (χ4v) is 4.13. The minimum absolute atomic E-state index is 0.0579. The van der Waals surface area contributed by atoms with Gasteiger partial charge in [-0.1, -0.05) is 18.6 Å². The van der Waals surface area contributed by atoms with Gasteiger partial charge in [0.05, 0.1) is 16.7 Å². The summed E-state index contributed by atoms with van der Waals surface area (Å²) < 4.78 is 0. The maximum absolute atomic E-state index is 13.3. The van der Waals surface area contributed by atoms with Gasteiger partial charge in [-0.15, -0.1) is 0 Å². The predicted octanol–water partition coefficient (Wildman–Crippen LogP) is 2.65. The number of anilines is 1. The third-order valence-corrected chi connectivity index (χ3v) is 5.67. The van der Waals surface area contributed by atoms with E-state index in [-0.39, 0.29) is 17.2 Å². The molecule has 1 N–H and O–H groups in total. The van der Waals surface area contributed by atoms with E-state index in [0.29, 0.717) is 24.6 Å². The Labute approximate surface area is 130 Å². The summed E-state index contributed by atoms with van der Waals surface area (Å²) in [5.41, 5.74) is 2.27. The third-order valence-electron chi connectivity index (χ3n) is 5.67. The van der Waals surface area contributed by atoms with Crippen molar-refractivity contribution < 1.29 is 9.59 Å². The topological polar surface area (TPSA) is 49.4 Å². The Morgan fingerprint density at radius 3 is 2.73 bits per heavy atom. The molecular weight excluding hydrogens is 276 g/mol. The number of nitrogens with zero attached hydrogens (tertiary/aromatic N) is 1. The summed E-state index contributed by atoms with van der Waals surface area (Å²) in [5.74, 6) is 0.774. The van der Waals surface area contributed by atoms with Gasteiger partial charge in [0.2, 0.25) is 5.91 Å². The highest BCUT2D eigenvalue weighted by Gasteiger charge is 2.56. The Balaban J connectivity index is 1.76. The Morgan fingerprint density at radius 1 is 1.32 bits per heavy atom. The summed E-state index contributed by atoms with van der Waals surface area (Å²) in [7, 11) is 0. The monoisotopic (exact) mass is 298 g/mol. The van der Waals surface area contributed by atoms with E-state index in [1.54, 1.807) is 0 Å². The summed E-state index contributed by atoms with van der Waals surface area (Å²) in [6, 6.07) is 5.80. The van der Waals surface area contributed by atoms with Gasteiger partial charge in [-0.2, -0.15) is 0 Å². The van der Waals surface area contributed by atoms with Gasteiger partial charge in [0.15, 0.2) is 0 Å². The first-order valence-electron chi connectivity index (χ1n) is 8.33. The molecule has 1 aromatic carbocycles. The van der Waals surface area contributed by atoms with Crippen LogP contribution in [-0.4, -0.2) is 24.9 Å². The van der Waals surface area contributed by atoms with Gasteiger partial charge in [0.1, 0.15) is 0 Å². The van der Waals surface area contributed by atoms with Crippen molar-refractivity contribution in [2.75, 3.05) is 18.0 Å². The second-order valence-electron chi connectivity index (χ2n) is 6.97. The first-order chi connectivity index (χ1) is 10.6. The number of carbonyl (C=O) groups is 2. The van der Waals surface area contributed by atoms with E-state index in [9.17, 15) is 9.59 Å². The van der Waals surface area contributed by atoms with Gasteiger partial charge in [0, 0.05) is 13.1 Å². The molecule has 2 amide bonds. The van der Waals surface area contributed by atoms with Crippen molar-refractivity contribution in [1.29, 1.82) is 0 Å². The smallest absolute Gasteiger partial charge is 0.253 e. The summed E-state index contributed by atoms with van der Waals surface area (Å²) in [6.45, 7) is 3.04. The van der Waals surface area contributed by atoms with Gasteiger partial charge < -0.3 is 10.2 Å². The Hall–Kier alpha value is -1.84. The van der Waals surface area contributed by atoms with Gasteiger partial charge in [-0.25, -0.2) is 0 Å². The zero-order valence-corrected chi connectivity index (χ0v) is 13.0. The fraction of sp³-hybridized carbons (Fsp3) is 0.556. The SMILES string of the molecule is Cc1cccc2c1C(=O)NCCN2C(=O)C1(C2CC2)CCC1. The van der Waals surface area contributed by atoms with E-state index in [1.807, 2.05) is 30.0 Å². The third kappa shape index (κ3) is 1.89. The molecule has 4 nitrogen and oxygen atoms in total. The zero-order chi connectivity index (χ0) is 15.3. The Kier molecular flexibility index (Phi) is 3.03. The molecule has 3 aliphatic rings. The molecule has 0 unspecified atom stereocenters. The number of aryl methyl sites for hydroxylation is 1. The van der Waals surface area contributed by atoms with Crippen LogP contribution < -0.4 is 10.2 Å². The lowest BCUT2D eigenvalue weighted by Gasteiger charge is -2.44. The summed E-state index contributed by atoms with van der Waals surface area (Å²) >= 11 is 0. The van der Waals surface area contributed by atoms with Crippen LogP contribution in [0.25, 0.3) is 0 Å². The Bertz CT molecular complexity index is 644. The number of carbonyl (C=O) groups excluding carboxylic acids is 2. The minimum atomic E-state index is -0.131. The van der Waals surface area contributed by atoms with Crippen LogP contribution >= 0.6 is 0 Å². The van der Waals surface area contributed by atoms with Crippen LogP contribution in [0.5, 0.6) is 0 Å². The van der Waals surface area contributed by atoms with E-state index in [4.69, 9.17) is 0 Å². The van der Waals surface area contributed by atoms with Gasteiger partial charge >= 0.3 is 0 Å². The van der Waals surface area contributed by atoms with Crippen LogP contribution in [0.2, 0.25) is 0 Å². The average Bonchev–Trinajstić information content (AvgIpc) is 3.26. The molecule has 1 aliphatic heterocycles. The quantitative estimate of drug-likeness (QED) is 0.912. The lowest BCUT2D eigenvalue weighted by molar-refractivity contribution is -0.134. The molecule has 2 saturated carbocycles. The number of rotatable bonds is 2. The highest BCUT2D eigenvalue weighted by atomic mass is 16.2. The second kappa shape index (κ2) is 4.83. The fourth-order valence-electron chi connectivity index (χ4n) is 4.13. The number of hydrogen-bond acceptors (Lipinski definition) is 2. The number of benzene rings is 1. The largest absolute Gasteiger partial charge is 0.350 e. The molecule has 1 aromatic rings. The number of amides is 2. The van der Waals surface area contributed by atoms with Crippen molar-refractivity contribution in [3.8, 4) is 0 Å². The van der Waals surface area contributed by atoms with E-state index >= 15 is 0 Å². The molecule has 22 heavy (non-hydrogen) atoms. The summed E-state index contributed by atoms with van der Waals surface area (Å²) in [6.07, 6.45) is 5.59. The lowest BCUT2D eigenvalue weighted by Crippen LogP contribution is -2.50. The first kappa shape index (κ1) is 13.8. The van der Waals surface area contributed by atoms with Crippen molar-refractivity contribution in [2.24, 2.45) is 11.3 Å². The molecule has 2 aliphatic carbocycles. The predicted molar refractivity (Wildman–Crippen MR) is 84.9 cm³/mol. The molecule has 4 rings (SSSR count). The second-order valence-corrected chi connectivity index (χ2v) is 6.97. The molecule has 0 atom stereocenters. The number of fused-ring (bicyclic) bond motifs is 1. The molecule has 116 valence electrons. The van der Waals surface area contributed by atoms with E-state index in [0.717, 1.165) is 30.5 Å². The molecule has 0 aromatic heterocycles. The molecule has 1 heterocycles. The van der Waals surface area contributed by atoms with Gasteiger partial charge in [-0.3, -0.25) is 9.59 Å². The highest BCUT2D eigenvalue weighted by molar-refractivity contribution is 6.08. The summed E-state index contributed by atoms with van der Waals surface area (Å²) in [5, 5.41) is 2.93. The molecule has 4 heteroatoms. The Morgan fingerprint density at radius 2 is 2.09 bits per heavy atom. The highest BCUT2D eigenvalue weighted by Crippen LogP contribution is 2.58. The van der Waals surface area contributed by atoms with Crippen LogP contribution in [0, 0.1) is 18.3 Å². The van der Waals surface area contributed by atoms with Crippen molar-refractivity contribution in [2.45, 2.75) is 39.0 Å². The first-order valence-corrected chi connectivity index (χ1v) is 8.33.